The van der Waals surface area contributed by atoms with Gasteiger partial charge in [-0.25, -0.2) is 0 Å². The molecule has 0 unspecified atom stereocenters. The Kier molecular flexibility index (Phi) is 1.38. The molecule has 1 N–H and O–H groups in total. The molecule has 0 saturated heterocycles. The lowest BCUT2D eigenvalue weighted by Crippen LogP contribution is -1.89. The summed E-state index contributed by atoms with van der Waals surface area (Å²) >= 11 is 0. The number of hydrogen-bond donors (Lipinski definition) is 1. The van der Waals surface area contributed by atoms with E-state index in [0.717, 1.165) is 0 Å². The van der Waals surface area contributed by atoms with Crippen molar-refractivity contribution >= 4 is 11.4 Å². The molecule has 0 saturated carbocycles. The summed E-state index contributed by atoms with van der Waals surface area (Å²) in [4.78, 5) is 0. The topological polar surface area (TPSA) is 12.0 Å². The predicted octanol–water partition coefficient (Wildman–Crippen LogP) is 5.10. The molecule has 1 nitrogen and oxygen atoms in total. The number of rotatable bonds is 3. The summed E-state index contributed by atoms with van der Waals surface area (Å²) < 4.78 is 78.2. The second-order valence-electron chi connectivity index (χ2n) is 3.70. The minimum Gasteiger partial charge on any atom is -0.356 e. The van der Waals surface area contributed by atoms with Gasteiger partial charge in [0.05, 0.1) is 13.7 Å². The van der Waals surface area contributed by atoms with E-state index in [1.807, 2.05) is 0 Å². The van der Waals surface area contributed by atoms with Crippen LogP contribution in [0.3, 0.4) is 0 Å². The van der Waals surface area contributed by atoms with Gasteiger partial charge >= 0.3 is 0 Å². The number of para-hydroxylation sites is 1. The monoisotopic (exact) mass is 255 g/mol. The largest absolute Gasteiger partial charge is 0.356 e. The first kappa shape index (κ1) is 4.86. The molecule has 0 spiro atoms. The van der Waals surface area contributed by atoms with Crippen molar-refractivity contribution in [1.82, 2.24) is 0 Å². The van der Waals surface area contributed by atoms with Crippen LogP contribution in [0.1, 0.15) is 13.7 Å². The lowest BCUT2D eigenvalue weighted by atomic mass is 10.1. The van der Waals surface area contributed by atoms with E-state index >= 15 is 0 Å². The first-order chi connectivity index (χ1) is 13.6. The molecule has 0 radical (unpaired) electrons. The minimum atomic E-state index is -0.484. The van der Waals surface area contributed by atoms with Gasteiger partial charge in [0.25, 0.3) is 0 Å². The van der Waals surface area contributed by atoms with Gasteiger partial charge in [0, 0.05) is 11.4 Å². The standard InChI is InChI=1S/C18H15N/c1-3-7-15(8-4-1)16-11-13-18(14-12-16)19-17-9-5-2-6-10-17/h1-14,19H/i1D,2D,3D,4D,5D,6D,7D,8D,9D,10D. The van der Waals surface area contributed by atoms with Gasteiger partial charge in [0.2, 0.25) is 0 Å². The smallest absolute Gasteiger partial charge is 0.0645 e. The van der Waals surface area contributed by atoms with E-state index in [-0.39, 0.29) is 35.4 Å². The lowest BCUT2D eigenvalue weighted by molar-refractivity contribution is 1.54. The van der Waals surface area contributed by atoms with E-state index in [2.05, 4.69) is 5.32 Å². The third kappa shape index (κ3) is 2.83. The molecule has 0 aromatic heterocycles. The Hall–Kier alpha value is -2.54. The highest BCUT2D eigenvalue weighted by molar-refractivity contribution is 5.68. The number of benzene rings is 3. The lowest BCUT2D eigenvalue weighted by Gasteiger charge is -2.07. The fraction of sp³-hybridized carbons (Fsp3) is 0. The van der Waals surface area contributed by atoms with E-state index in [4.69, 9.17) is 13.7 Å². The van der Waals surface area contributed by atoms with E-state index in [1.165, 1.54) is 24.3 Å². The average molecular weight is 255 g/mol. The van der Waals surface area contributed by atoms with E-state index in [9.17, 15) is 0 Å². The second kappa shape index (κ2) is 5.40. The van der Waals surface area contributed by atoms with Gasteiger partial charge in [-0.2, -0.15) is 0 Å². The SMILES string of the molecule is [2H]c1c([2H])c([2H])c(Nc2ccc(-c3c([2H])c([2H])c([2H])c([2H])c3[2H])cc2)c([2H])c1[2H]. The summed E-state index contributed by atoms with van der Waals surface area (Å²) in [6, 6.07) is 2.05. The quantitative estimate of drug-likeness (QED) is 0.686. The Labute approximate surface area is 127 Å². The Morgan fingerprint density at radius 1 is 0.579 bits per heavy atom. The maximum Gasteiger partial charge on any atom is 0.0645 e. The average Bonchev–Trinajstić information content (AvgIpc) is 2.72. The number of hydrogen-bond acceptors (Lipinski definition) is 1. The molecule has 92 valence electrons. The molecule has 0 aliphatic carbocycles. The maximum atomic E-state index is 8.03. The number of nitrogens with one attached hydrogen (secondary N) is 1. The van der Waals surface area contributed by atoms with Crippen LogP contribution >= 0.6 is 0 Å². The first-order valence-corrected chi connectivity index (χ1v) is 5.57. The van der Waals surface area contributed by atoms with E-state index in [1.54, 1.807) is 0 Å². The van der Waals surface area contributed by atoms with Crippen LogP contribution in [0.4, 0.5) is 11.4 Å². The molecular formula is C18H15N. The van der Waals surface area contributed by atoms with Crippen LogP contribution in [0.5, 0.6) is 0 Å². The summed E-state index contributed by atoms with van der Waals surface area (Å²) in [5.41, 5.74) is 0.796. The van der Waals surface area contributed by atoms with E-state index < -0.39 is 36.3 Å². The van der Waals surface area contributed by atoms with Crippen molar-refractivity contribution < 1.29 is 13.7 Å². The van der Waals surface area contributed by atoms with Crippen molar-refractivity contribution in [2.75, 3.05) is 5.32 Å². The highest BCUT2D eigenvalue weighted by Gasteiger charge is 1.97. The van der Waals surface area contributed by atoms with Crippen LogP contribution in [0.2, 0.25) is 0 Å². The van der Waals surface area contributed by atoms with Crippen molar-refractivity contribution in [2.24, 2.45) is 0 Å². The van der Waals surface area contributed by atoms with Crippen LogP contribution in [0, 0.1) is 0 Å². The molecule has 3 aromatic rings. The zero-order valence-corrected chi connectivity index (χ0v) is 9.81. The third-order valence-electron chi connectivity index (χ3n) is 2.44. The van der Waals surface area contributed by atoms with Crippen molar-refractivity contribution in [3.8, 4) is 11.1 Å². The molecule has 0 amide bonds. The molecule has 0 aliphatic heterocycles. The fourth-order valence-corrected chi connectivity index (χ4v) is 1.57. The maximum absolute atomic E-state index is 8.03. The minimum absolute atomic E-state index is 0.0605. The van der Waals surface area contributed by atoms with Gasteiger partial charge in [-0.1, -0.05) is 60.5 Å². The Morgan fingerprint density at radius 2 is 1.16 bits per heavy atom. The van der Waals surface area contributed by atoms with Gasteiger partial charge in [0.15, 0.2) is 0 Å². The molecule has 0 heterocycles. The third-order valence-corrected chi connectivity index (χ3v) is 2.44. The molecule has 3 rings (SSSR count). The summed E-state index contributed by atoms with van der Waals surface area (Å²) in [5.74, 6) is 0. The van der Waals surface area contributed by atoms with Crippen LogP contribution in [0.15, 0.2) is 84.7 Å². The summed E-state index contributed by atoms with van der Waals surface area (Å²) in [6.07, 6.45) is 0. The van der Waals surface area contributed by atoms with Gasteiger partial charge < -0.3 is 5.32 Å². The molecule has 1 heteroatoms. The molecule has 19 heavy (non-hydrogen) atoms. The van der Waals surface area contributed by atoms with Crippen molar-refractivity contribution in [2.45, 2.75) is 0 Å². The second-order valence-corrected chi connectivity index (χ2v) is 3.70. The number of anilines is 2. The highest BCUT2D eigenvalue weighted by atomic mass is 14.9. The van der Waals surface area contributed by atoms with Gasteiger partial charge in [-0.15, -0.1) is 0 Å². The zero-order valence-electron chi connectivity index (χ0n) is 19.8. The fourth-order valence-electron chi connectivity index (χ4n) is 1.57. The first-order valence-electron chi connectivity index (χ1n) is 10.6. The van der Waals surface area contributed by atoms with Crippen molar-refractivity contribution in [3.63, 3.8) is 0 Å². The summed E-state index contributed by atoms with van der Waals surface area (Å²) in [5, 5.41) is 2.79. The molecular weight excluding hydrogens is 230 g/mol. The predicted molar refractivity (Wildman–Crippen MR) is 81.6 cm³/mol. The Bertz CT molecular complexity index is 1070. The van der Waals surface area contributed by atoms with Gasteiger partial charge in [0.1, 0.15) is 0 Å². The normalized spacial score (nSPS) is 17.5. The summed E-state index contributed by atoms with van der Waals surface area (Å²) in [7, 11) is 0. The van der Waals surface area contributed by atoms with Crippen LogP contribution in [-0.2, 0) is 0 Å². The highest BCUT2D eigenvalue weighted by Crippen LogP contribution is 2.22. The molecule has 0 atom stereocenters. The Balaban J connectivity index is 2.02. The molecule has 3 aromatic carbocycles. The molecule has 0 aliphatic rings. The molecule has 0 bridgehead atoms. The van der Waals surface area contributed by atoms with Crippen LogP contribution in [0.25, 0.3) is 11.1 Å². The molecule has 0 fully saturated rings. The summed E-state index contributed by atoms with van der Waals surface area (Å²) in [6.45, 7) is 0. The Morgan fingerprint density at radius 3 is 1.79 bits per heavy atom. The van der Waals surface area contributed by atoms with Crippen LogP contribution < -0.4 is 5.32 Å². The van der Waals surface area contributed by atoms with Crippen LogP contribution in [-0.4, -0.2) is 0 Å². The van der Waals surface area contributed by atoms with Gasteiger partial charge in [-0.3, -0.25) is 0 Å². The van der Waals surface area contributed by atoms with Crippen molar-refractivity contribution in [3.05, 3.63) is 84.7 Å². The zero-order chi connectivity index (χ0) is 21.6. The van der Waals surface area contributed by atoms with Gasteiger partial charge in [-0.05, 0) is 35.3 Å². The van der Waals surface area contributed by atoms with Crippen molar-refractivity contribution in [1.29, 1.82) is 0 Å². The van der Waals surface area contributed by atoms with E-state index in [0.29, 0.717) is 11.3 Å².